The lowest BCUT2D eigenvalue weighted by atomic mass is 9.92. The molecule has 0 spiro atoms. The van der Waals surface area contributed by atoms with Crippen LogP contribution in [0, 0.1) is 5.92 Å². The molecule has 0 aromatic heterocycles. The van der Waals surface area contributed by atoms with Crippen molar-refractivity contribution in [3.63, 3.8) is 0 Å². The number of hydrogen-bond donors (Lipinski definition) is 4. The summed E-state index contributed by atoms with van der Waals surface area (Å²) in [4.78, 5) is 36.8. The number of carbonyl (C=O) groups is 3. The highest BCUT2D eigenvalue weighted by atomic mass is 16.6. The van der Waals surface area contributed by atoms with E-state index in [-0.39, 0.29) is 18.8 Å². The fraction of sp³-hybridized carbons (Fsp3) is 0.609. The van der Waals surface area contributed by atoms with Crippen LogP contribution in [-0.2, 0) is 25.5 Å². The molecule has 178 valence electrons. The molecule has 1 aliphatic heterocycles. The maximum atomic E-state index is 12.8. The second-order valence-electron chi connectivity index (χ2n) is 9.08. The number of benzene rings is 1. The van der Waals surface area contributed by atoms with E-state index in [1.807, 2.05) is 6.07 Å². The smallest absolute Gasteiger partial charge is 0.407 e. The van der Waals surface area contributed by atoms with Gasteiger partial charge in [-0.3, -0.25) is 4.79 Å². The number of carboxylic acid groups (broad SMARTS) is 1. The molecule has 9 nitrogen and oxygen atoms in total. The van der Waals surface area contributed by atoms with Gasteiger partial charge in [-0.05, 0) is 57.9 Å². The lowest BCUT2D eigenvalue weighted by Gasteiger charge is -2.28. The van der Waals surface area contributed by atoms with E-state index in [0.717, 1.165) is 18.4 Å². The number of nitrogens with one attached hydrogen (secondary N) is 2. The van der Waals surface area contributed by atoms with Gasteiger partial charge in [0.15, 0.2) is 6.10 Å². The molecule has 32 heavy (non-hydrogen) atoms. The average molecular weight is 451 g/mol. The van der Waals surface area contributed by atoms with Crippen LogP contribution in [-0.4, -0.2) is 65.2 Å². The van der Waals surface area contributed by atoms with E-state index in [2.05, 4.69) is 10.6 Å². The molecule has 0 aliphatic carbocycles. The second-order valence-corrected chi connectivity index (χ2v) is 9.08. The van der Waals surface area contributed by atoms with Crippen LogP contribution in [0.2, 0.25) is 0 Å². The van der Waals surface area contributed by atoms with Gasteiger partial charge in [0.05, 0.1) is 6.04 Å². The Hall–Kier alpha value is -2.65. The highest BCUT2D eigenvalue weighted by Crippen LogP contribution is 2.20. The molecule has 0 saturated carbocycles. The number of aliphatic hydroxyl groups is 1. The van der Waals surface area contributed by atoms with Crippen molar-refractivity contribution in [1.82, 2.24) is 10.6 Å². The Morgan fingerprint density at radius 3 is 2.31 bits per heavy atom. The minimum atomic E-state index is -1.67. The van der Waals surface area contributed by atoms with Crippen molar-refractivity contribution < 1.29 is 34.1 Å². The normalized spacial score (nSPS) is 17.6. The molecule has 4 N–H and O–H groups in total. The van der Waals surface area contributed by atoms with Crippen molar-refractivity contribution in [1.29, 1.82) is 0 Å². The van der Waals surface area contributed by atoms with Crippen LogP contribution in [0.4, 0.5) is 4.79 Å². The molecule has 1 aromatic rings. The van der Waals surface area contributed by atoms with Gasteiger partial charge in [0.2, 0.25) is 0 Å². The van der Waals surface area contributed by atoms with Gasteiger partial charge in [0.1, 0.15) is 11.6 Å². The quantitative estimate of drug-likeness (QED) is 0.451. The van der Waals surface area contributed by atoms with Crippen molar-refractivity contribution in [3.05, 3.63) is 35.9 Å². The Kier molecular flexibility index (Phi) is 9.46. The monoisotopic (exact) mass is 450 g/mol. The topological polar surface area (TPSA) is 134 Å². The summed E-state index contributed by atoms with van der Waals surface area (Å²) in [6.07, 6.45) is -0.591. The minimum absolute atomic E-state index is 0.113. The van der Waals surface area contributed by atoms with Gasteiger partial charge in [0, 0.05) is 13.2 Å². The zero-order valence-electron chi connectivity index (χ0n) is 18.9. The number of carboxylic acids is 1. The molecule has 2 rings (SSSR count). The first-order chi connectivity index (χ1) is 15.0. The highest BCUT2D eigenvalue weighted by molar-refractivity contribution is 5.87. The van der Waals surface area contributed by atoms with Gasteiger partial charge >= 0.3 is 12.1 Å². The fourth-order valence-electron chi connectivity index (χ4n) is 3.55. The molecule has 2 amide bonds. The van der Waals surface area contributed by atoms with Crippen LogP contribution < -0.4 is 10.6 Å². The van der Waals surface area contributed by atoms with E-state index in [1.54, 1.807) is 45.0 Å². The van der Waals surface area contributed by atoms with E-state index in [0.29, 0.717) is 13.2 Å². The molecular formula is C23H34N2O7. The van der Waals surface area contributed by atoms with Crippen LogP contribution in [0.5, 0.6) is 0 Å². The molecule has 1 unspecified atom stereocenters. The number of ether oxygens (including phenoxy) is 2. The molecule has 1 aliphatic rings. The van der Waals surface area contributed by atoms with Gasteiger partial charge in [-0.1, -0.05) is 30.3 Å². The summed E-state index contributed by atoms with van der Waals surface area (Å²) in [6.45, 7) is 6.24. The summed E-state index contributed by atoms with van der Waals surface area (Å²) < 4.78 is 10.6. The van der Waals surface area contributed by atoms with Crippen molar-refractivity contribution in [2.45, 2.75) is 70.2 Å². The Labute approximate surface area is 188 Å². The van der Waals surface area contributed by atoms with Crippen LogP contribution in [0.3, 0.4) is 0 Å². The zero-order chi connectivity index (χ0) is 23.7. The summed E-state index contributed by atoms with van der Waals surface area (Å²) in [5, 5.41) is 25.3. The largest absolute Gasteiger partial charge is 0.480 e. The number of carbonyl (C=O) groups excluding carboxylic acids is 2. The van der Waals surface area contributed by atoms with Crippen LogP contribution in [0.25, 0.3) is 0 Å². The number of alkyl carbamates (subject to hydrolysis) is 1. The summed E-state index contributed by atoms with van der Waals surface area (Å²) in [7, 11) is 0. The van der Waals surface area contributed by atoms with E-state index >= 15 is 0 Å². The first kappa shape index (κ1) is 25.6. The Balaban J connectivity index is 2.08. The van der Waals surface area contributed by atoms with Gasteiger partial charge in [-0.15, -0.1) is 0 Å². The molecular weight excluding hydrogens is 416 g/mol. The molecule has 1 fully saturated rings. The predicted molar refractivity (Wildman–Crippen MR) is 117 cm³/mol. The first-order valence-electron chi connectivity index (χ1n) is 10.9. The number of hydrogen-bond acceptors (Lipinski definition) is 6. The van der Waals surface area contributed by atoms with Gasteiger partial charge < -0.3 is 30.3 Å². The Bertz CT molecular complexity index is 757. The van der Waals surface area contributed by atoms with E-state index in [9.17, 15) is 24.6 Å². The van der Waals surface area contributed by atoms with E-state index in [1.165, 1.54) is 0 Å². The minimum Gasteiger partial charge on any atom is -0.480 e. The standard InChI is InChI=1S/C23H34N2O7/c1-23(2,3)32-22(30)25-17(13-15-7-5-4-6-8-15)19(26)20(27)24-18(21(28)29)14-16-9-11-31-12-10-16/h4-8,16-19,26H,9-14H2,1-3H3,(H,24,27)(H,25,30)(H,28,29)/t17-,18?,19+/m1/s1. The molecule has 1 saturated heterocycles. The first-order valence-corrected chi connectivity index (χ1v) is 10.9. The molecule has 9 heteroatoms. The second kappa shape index (κ2) is 11.8. The van der Waals surface area contributed by atoms with Gasteiger partial charge in [0.25, 0.3) is 5.91 Å². The molecule has 0 bridgehead atoms. The summed E-state index contributed by atoms with van der Waals surface area (Å²) in [5.41, 5.74) is 0.0320. The summed E-state index contributed by atoms with van der Waals surface area (Å²) in [5.74, 6) is -1.92. The van der Waals surface area contributed by atoms with Gasteiger partial charge in [-0.2, -0.15) is 0 Å². The third kappa shape index (κ3) is 8.84. The van der Waals surface area contributed by atoms with Crippen LogP contribution in [0.15, 0.2) is 30.3 Å². The molecule has 1 heterocycles. The van der Waals surface area contributed by atoms with E-state index < -0.39 is 41.8 Å². The average Bonchev–Trinajstić information content (AvgIpc) is 2.72. The lowest BCUT2D eigenvalue weighted by Crippen LogP contribution is -2.55. The van der Waals surface area contributed by atoms with Crippen molar-refractivity contribution in [3.8, 4) is 0 Å². The summed E-state index contributed by atoms with van der Waals surface area (Å²) in [6, 6.07) is 6.90. The maximum absolute atomic E-state index is 12.8. The number of aliphatic hydroxyl groups excluding tert-OH is 1. The molecule has 0 radical (unpaired) electrons. The third-order valence-electron chi connectivity index (χ3n) is 5.17. The Morgan fingerprint density at radius 1 is 1.12 bits per heavy atom. The number of rotatable bonds is 9. The fourth-order valence-corrected chi connectivity index (χ4v) is 3.55. The van der Waals surface area contributed by atoms with Crippen LogP contribution in [0.1, 0.15) is 45.6 Å². The van der Waals surface area contributed by atoms with Gasteiger partial charge in [-0.25, -0.2) is 9.59 Å². The Morgan fingerprint density at radius 2 is 1.75 bits per heavy atom. The maximum Gasteiger partial charge on any atom is 0.407 e. The SMILES string of the molecule is CC(C)(C)OC(=O)N[C@H](Cc1ccccc1)[C@H](O)C(=O)NC(CC1CCOCC1)C(=O)O. The number of amides is 2. The van der Waals surface area contributed by atoms with Crippen LogP contribution >= 0.6 is 0 Å². The van der Waals surface area contributed by atoms with E-state index in [4.69, 9.17) is 9.47 Å². The van der Waals surface area contributed by atoms with Crippen molar-refractivity contribution in [2.24, 2.45) is 5.92 Å². The lowest BCUT2D eigenvalue weighted by molar-refractivity contribution is -0.144. The van der Waals surface area contributed by atoms with Crippen molar-refractivity contribution in [2.75, 3.05) is 13.2 Å². The zero-order valence-corrected chi connectivity index (χ0v) is 18.9. The third-order valence-corrected chi connectivity index (χ3v) is 5.17. The van der Waals surface area contributed by atoms with Crippen molar-refractivity contribution >= 4 is 18.0 Å². The predicted octanol–water partition coefficient (Wildman–Crippen LogP) is 1.87. The number of aliphatic carboxylic acids is 1. The summed E-state index contributed by atoms with van der Waals surface area (Å²) >= 11 is 0. The molecule has 1 aromatic carbocycles. The highest BCUT2D eigenvalue weighted by Gasteiger charge is 2.33. The molecule has 3 atom stereocenters.